The van der Waals surface area contributed by atoms with E-state index in [0.717, 1.165) is 19.7 Å². The van der Waals surface area contributed by atoms with Crippen molar-refractivity contribution in [2.24, 2.45) is 5.41 Å². The van der Waals surface area contributed by atoms with Crippen LogP contribution < -0.4 is 5.32 Å². The van der Waals surface area contributed by atoms with Crippen LogP contribution in [0.4, 0.5) is 0 Å². The normalized spacial score (nSPS) is 31.1. The predicted molar refractivity (Wildman–Crippen MR) is 76.3 cm³/mol. The minimum atomic E-state index is 0.310. The van der Waals surface area contributed by atoms with Gasteiger partial charge in [-0.1, -0.05) is 12.8 Å². The first kappa shape index (κ1) is 13.8. The fourth-order valence-electron chi connectivity index (χ4n) is 4.07. The Hall–Kier alpha value is -0.120. The highest BCUT2D eigenvalue weighted by Crippen LogP contribution is 2.53. The molecule has 1 atom stereocenters. The average Bonchev–Trinajstić information content (AvgIpc) is 2.86. The highest BCUT2D eigenvalue weighted by Gasteiger charge is 2.48. The molecule has 1 saturated heterocycles. The summed E-state index contributed by atoms with van der Waals surface area (Å²) in [6.45, 7) is 2.95. The van der Waals surface area contributed by atoms with Crippen LogP contribution in [0.1, 0.15) is 57.8 Å². The van der Waals surface area contributed by atoms with E-state index in [-0.39, 0.29) is 0 Å². The second kappa shape index (κ2) is 5.71. The molecule has 0 aromatic rings. The molecule has 3 fully saturated rings. The standard InChI is InChI=1S/C16H29NO2/c1-18-11-10-17-13-15(8-9-15)12-14-4-7-16(19-14)5-2-3-6-16/h14,17H,2-13H2,1H3. The summed E-state index contributed by atoms with van der Waals surface area (Å²) >= 11 is 0. The van der Waals surface area contributed by atoms with E-state index in [2.05, 4.69) is 5.32 Å². The summed E-state index contributed by atoms with van der Waals surface area (Å²) in [5, 5.41) is 3.54. The summed E-state index contributed by atoms with van der Waals surface area (Å²) in [6.07, 6.45) is 12.7. The predicted octanol–water partition coefficient (Wildman–Crippen LogP) is 2.88. The molecule has 1 unspecified atom stereocenters. The molecule has 0 amide bonds. The van der Waals surface area contributed by atoms with E-state index in [1.807, 2.05) is 0 Å². The Balaban J connectivity index is 1.41. The molecule has 3 nitrogen and oxygen atoms in total. The van der Waals surface area contributed by atoms with Crippen LogP contribution in [-0.2, 0) is 9.47 Å². The fraction of sp³-hybridized carbons (Fsp3) is 1.00. The van der Waals surface area contributed by atoms with Gasteiger partial charge >= 0.3 is 0 Å². The van der Waals surface area contributed by atoms with Crippen molar-refractivity contribution in [3.63, 3.8) is 0 Å². The second-order valence-corrected chi connectivity index (χ2v) is 7.04. The highest BCUT2D eigenvalue weighted by molar-refractivity contribution is 5.00. The van der Waals surface area contributed by atoms with Gasteiger partial charge in [-0.15, -0.1) is 0 Å². The molecule has 3 heteroatoms. The zero-order valence-corrected chi connectivity index (χ0v) is 12.4. The third-order valence-corrected chi connectivity index (χ3v) is 5.45. The van der Waals surface area contributed by atoms with Crippen molar-refractivity contribution in [2.75, 3.05) is 26.8 Å². The number of nitrogens with one attached hydrogen (secondary N) is 1. The number of methoxy groups -OCH3 is 1. The van der Waals surface area contributed by atoms with Gasteiger partial charge in [0.15, 0.2) is 0 Å². The van der Waals surface area contributed by atoms with E-state index in [9.17, 15) is 0 Å². The maximum atomic E-state index is 6.46. The molecule has 110 valence electrons. The van der Waals surface area contributed by atoms with E-state index in [0.29, 0.717) is 17.1 Å². The van der Waals surface area contributed by atoms with Gasteiger partial charge in [0, 0.05) is 20.2 Å². The van der Waals surface area contributed by atoms with Crippen LogP contribution in [-0.4, -0.2) is 38.5 Å². The van der Waals surface area contributed by atoms with Gasteiger partial charge in [0.05, 0.1) is 18.3 Å². The van der Waals surface area contributed by atoms with Crippen molar-refractivity contribution in [1.82, 2.24) is 5.32 Å². The summed E-state index contributed by atoms with van der Waals surface area (Å²) in [4.78, 5) is 0. The molecule has 19 heavy (non-hydrogen) atoms. The lowest BCUT2D eigenvalue weighted by Crippen LogP contribution is -2.31. The van der Waals surface area contributed by atoms with Gasteiger partial charge in [-0.2, -0.15) is 0 Å². The van der Waals surface area contributed by atoms with Gasteiger partial charge in [-0.3, -0.25) is 0 Å². The summed E-state index contributed by atoms with van der Waals surface area (Å²) in [5.41, 5.74) is 0.868. The quantitative estimate of drug-likeness (QED) is 0.720. The minimum Gasteiger partial charge on any atom is -0.383 e. The molecule has 1 heterocycles. The molecule has 0 radical (unpaired) electrons. The molecular weight excluding hydrogens is 238 g/mol. The van der Waals surface area contributed by atoms with Gasteiger partial charge in [-0.25, -0.2) is 0 Å². The molecular formula is C16H29NO2. The summed E-state index contributed by atoms with van der Waals surface area (Å²) in [5.74, 6) is 0. The zero-order valence-electron chi connectivity index (χ0n) is 12.4. The summed E-state index contributed by atoms with van der Waals surface area (Å²) < 4.78 is 11.5. The lowest BCUT2D eigenvalue weighted by atomic mass is 9.94. The van der Waals surface area contributed by atoms with E-state index >= 15 is 0 Å². The van der Waals surface area contributed by atoms with Crippen LogP contribution in [0.15, 0.2) is 0 Å². The fourth-order valence-corrected chi connectivity index (χ4v) is 4.07. The van der Waals surface area contributed by atoms with Gasteiger partial charge in [0.2, 0.25) is 0 Å². The molecule has 3 rings (SSSR count). The SMILES string of the molecule is COCCNCC1(CC2CCC3(CCCC3)O2)CC1. The van der Waals surface area contributed by atoms with Crippen LogP contribution in [0.3, 0.4) is 0 Å². The molecule has 2 saturated carbocycles. The lowest BCUT2D eigenvalue weighted by Gasteiger charge is -2.26. The first-order valence-corrected chi connectivity index (χ1v) is 8.14. The van der Waals surface area contributed by atoms with E-state index in [1.54, 1.807) is 7.11 Å². The van der Waals surface area contributed by atoms with Crippen LogP contribution in [0, 0.1) is 5.41 Å². The van der Waals surface area contributed by atoms with Crippen molar-refractivity contribution in [2.45, 2.75) is 69.5 Å². The monoisotopic (exact) mass is 267 g/mol. The first-order chi connectivity index (χ1) is 9.26. The molecule has 2 aliphatic carbocycles. The maximum absolute atomic E-state index is 6.46. The van der Waals surface area contributed by atoms with E-state index < -0.39 is 0 Å². The van der Waals surface area contributed by atoms with Crippen molar-refractivity contribution in [3.05, 3.63) is 0 Å². The second-order valence-electron chi connectivity index (χ2n) is 7.04. The highest BCUT2D eigenvalue weighted by atomic mass is 16.5. The maximum Gasteiger partial charge on any atom is 0.0687 e. The number of hydrogen-bond donors (Lipinski definition) is 1. The Morgan fingerprint density at radius 3 is 2.63 bits per heavy atom. The molecule has 0 bridgehead atoms. The molecule has 1 aliphatic heterocycles. The Morgan fingerprint density at radius 1 is 1.16 bits per heavy atom. The van der Waals surface area contributed by atoms with E-state index in [4.69, 9.17) is 9.47 Å². The molecule has 0 aromatic heterocycles. The molecule has 1 spiro atoms. The van der Waals surface area contributed by atoms with Crippen molar-refractivity contribution in [3.8, 4) is 0 Å². The Kier molecular flexibility index (Phi) is 4.16. The minimum absolute atomic E-state index is 0.310. The van der Waals surface area contributed by atoms with Crippen LogP contribution in [0.5, 0.6) is 0 Å². The lowest BCUT2D eigenvalue weighted by molar-refractivity contribution is -0.0457. The molecule has 3 aliphatic rings. The topological polar surface area (TPSA) is 30.5 Å². The molecule has 0 aromatic carbocycles. The van der Waals surface area contributed by atoms with Gasteiger partial charge < -0.3 is 14.8 Å². The largest absolute Gasteiger partial charge is 0.383 e. The van der Waals surface area contributed by atoms with Crippen molar-refractivity contribution in [1.29, 1.82) is 0 Å². The Bertz CT molecular complexity index is 295. The van der Waals surface area contributed by atoms with Crippen molar-refractivity contribution < 1.29 is 9.47 Å². The van der Waals surface area contributed by atoms with E-state index in [1.165, 1.54) is 57.8 Å². The third kappa shape index (κ3) is 3.32. The average molecular weight is 267 g/mol. The van der Waals surface area contributed by atoms with Crippen LogP contribution in [0.2, 0.25) is 0 Å². The van der Waals surface area contributed by atoms with Crippen molar-refractivity contribution >= 4 is 0 Å². The van der Waals surface area contributed by atoms with Crippen LogP contribution >= 0.6 is 0 Å². The smallest absolute Gasteiger partial charge is 0.0687 e. The van der Waals surface area contributed by atoms with Crippen LogP contribution in [0.25, 0.3) is 0 Å². The number of hydrogen-bond acceptors (Lipinski definition) is 3. The van der Waals surface area contributed by atoms with Gasteiger partial charge in [0.1, 0.15) is 0 Å². The molecule has 1 N–H and O–H groups in total. The number of rotatable bonds is 7. The van der Waals surface area contributed by atoms with Gasteiger partial charge in [0.25, 0.3) is 0 Å². The Labute approximate surface area is 117 Å². The summed E-state index contributed by atoms with van der Waals surface area (Å²) in [7, 11) is 1.77. The zero-order chi connectivity index (χ0) is 13.2. The Morgan fingerprint density at radius 2 is 1.95 bits per heavy atom. The summed E-state index contributed by atoms with van der Waals surface area (Å²) in [6, 6.07) is 0. The van der Waals surface area contributed by atoms with Gasteiger partial charge in [-0.05, 0) is 50.4 Å². The number of ether oxygens (including phenoxy) is 2. The third-order valence-electron chi connectivity index (χ3n) is 5.45. The first-order valence-electron chi connectivity index (χ1n) is 8.14.